The van der Waals surface area contributed by atoms with E-state index in [4.69, 9.17) is 0 Å². The number of hydrogen-bond acceptors (Lipinski definition) is 4. The van der Waals surface area contributed by atoms with Crippen molar-refractivity contribution in [3.05, 3.63) is 29.2 Å². The van der Waals surface area contributed by atoms with E-state index in [0.717, 1.165) is 36.6 Å². The molecule has 0 atom stereocenters. The third-order valence-electron chi connectivity index (χ3n) is 3.19. The first-order chi connectivity index (χ1) is 9.17. The molecule has 2 aromatic rings. The monoisotopic (exact) mass is 259 g/mol. The number of anilines is 1. The second kappa shape index (κ2) is 5.82. The first-order valence-corrected chi connectivity index (χ1v) is 6.79. The van der Waals surface area contributed by atoms with Crippen molar-refractivity contribution in [1.82, 2.24) is 19.7 Å². The lowest BCUT2D eigenvalue weighted by Gasteiger charge is -2.07. The number of nitrogens with one attached hydrogen (secondary N) is 1. The molecule has 0 unspecified atom stereocenters. The summed E-state index contributed by atoms with van der Waals surface area (Å²) in [5.41, 5.74) is 3.52. The Bertz CT molecular complexity index is 559. The first kappa shape index (κ1) is 13.5. The van der Waals surface area contributed by atoms with Crippen LogP contribution >= 0.6 is 0 Å². The van der Waals surface area contributed by atoms with Crippen molar-refractivity contribution < 1.29 is 0 Å². The number of nitrogens with zero attached hydrogens (tertiary/aromatic N) is 4. The third-order valence-corrected chi connectivity index (χ3v) is 3.19. The van der Waals surface area contributed by atoms with Crippen LogP contribution in [0.5, 0.6) is 0 Å². The highest BCUT2D eigenvalue weighted by Crippen LogP contribution is 2.17. The molecule has 2 heterocycles. The lowest BCUT2D eigenvalue weighted by Crippen LogP contribution is -2.08. The second-order valence-corrected chi connectivity index (χ2v) is 4.58. The van der Waals surface area contributed by atoms with Gasteiger partial charge in [-0.15, -0.1) is 0 Å². The zero-order chi connectivity index (χ0) is 13.8. The Balaban J connectivity index is 2.36. The van der Waals surface area contributed by atoms with Crippen LogP contribution in [-0.4, -0.2) is 26.3 Å². The van der Waals surface area contributed by atoms with Crippen LogP contribution in [0.15, 0.2) is 12.3 Å². The molecule has 0 saturated heterocycles. The van der Waals surface area contributed by atoms with Gasteiger partial charge in [-0.2, -0.15) is 10.1 Å². The van der Waals surface area contributed by atoms with E-state index >= 15 is 0 Å². The standard InChI is InChI=1S/C14H21N5/c1-5-8-15-14-16-9-7-13(17-14)19-11(4)12(6-2)10(3)18-19/h7,9H,5-6,8H2,1-4H3,(H,15,16,17). The van der Waals surface area contributed by atoms with Crippen molar-refractivity contribution in [1.29, 1.82) is 0 Å². The van der Waals surface area contributed by atoms with Crippen LogP contribution < -0.4 is 5.32 Å². The van der Waals surface area contributed by atoms with Crippen molar-refractivity contribution in [2.75, 3.05) is 11.9 Å². The molecular formula is C14H21N5. The summed E-state index contributed by atoms with van der Waals surface area (Å²) in [5.74, 6) is 1.47. The summed E-state index contributed by atoms with van der Waals surface area (Å²) in [6.45, 7) is 9.27. The van der Waals surface area contributed by atoms with Gasteiger partial charge in [0.05, 0.1) is 5.69 Å². The van der Waals surface area contributed by atoms with Crippen LogP contribution in [0.2, 0.25) is 0 Å². The van der Waals surface area contributed by atoms with Gasteiger partial charge in [-0.05, 0) is 32.3 Å². The normalized spacial score (nSPS) is 10.7. The highest BCUT2D eigenvalue weighted by molar-refractivity contribution is 5.35. The van der Waals surface area contributed by atoms with Crippen molar-refractivity contribution in [2.45, 2.75) is 40.5 Å². The molecule has 0 aliphatic carbocycles. The fourth-order valence-electron chi connectivity index (χ4n) is 2.20. The summed E-state index contributed by atoms with van der Waals surface area (Å²) >= 11 is 0. The molecule has 0 aliphatic heterocycles. The molecule has 5 heteroatoms. The minimum Gasteiger partial charge on any atom is -0.354 e. The van der Waals surface area contributed by atoms with E-state index < -0.39 is 0 Å². The van der Waals surface area contributed by atoms with E-state index in [0.29, 0.717) is 5.95 Å². The smallest absolute Gasteiger partial charge is 0.224 e. The van der Waals surface area contributed by atoms with Crippen LogP contribution in [0.4, 0.5) is 5.95 Å². The molecule has 102 valence electrons. The molecule has 0 radical (unpaired) electrons. The second-order valence-electron chi connectivity index (χ2n) is 4.58. The van der Waals surface area contributed by atoms with E-state index in [1.54, 1.807) is 6.20 Å². The largest absolute Gasteiger partial charge is 0.354 e. The Morgan fingerprint density at radius 2 is 2.05 bits per heavy atom. The van der Waals surface area contributed by atoms with Crippen molar-refractivity contribution in [2.24, 2.45) is 0 Å². The molecule has 1 N–H and O–H groups in total. The van der Waals surface area contributed by atoms with E-state index in [-0.39, 0.29) is 0 Å². The Kier molecular flexibility index (Phi) is 4.14. The van der Waals surface area contributed by atoms with Crippen LogP contribution in [0.1, 0.15) is 37.2 Å². The van der Waals surface area contributed by atoms with Crippen molar-refractivity contribution in [3.63, 3.8) is 0 Å². The number of hydrogen-bond donors (Lipinski definition) is 1. The molecule has 0 fully saturated rings. The van der Waals surface area contributed by atoms with Gasteiger partial charge in [0.25, 0.3) is 0 Å². The third kappa shape index (κ3) is 2.75. The Morgan fingerprint density at radius 1 is 1.26 bits per heavy atom. The fourth-order valence-corrected chi connectivity index (χ4v) is 2.20. The number of aryl methyl sites for hydroxylation is 1. The maximum Gasteiger partial charge on any atom is 0.224 e. The van der Waals surface area contributed by atoms with Gasteiger partial charge in [-0.1, -0.05) is 13.8 Å². The molecule has 2 aromatic heterocycles. The lowest BCUT2D eigenvalue weighted by atomic mass is 10.1. The molecule has 0 aromatic carbocycles. The van der Waals surface area contributed by atoms with Crippen LogP contribution in [-0.2, 0) is 6.42 Å². The number of aromatic nitrogens is 4. The SMILES string of the molecule is CCCNc1nccc(-n2nc(C)c(CC)c2C)n1. The van der Waals surface area contributed by atoms with Gasteiger partial charge in [0.1, 0.15) is 0 Å². The number of rotatable bonds is 5. The maximum atomic E-state index is 4.57. The molecule has 5 nitrogen and oxygen atoms in total. The van der Waals surface area contributed by atoms with Crippen LogP contribution in [0, 0.1) is 13.8 Å². The molecule has 0 amide bonds. The zero-order valence-corrected chi connectivity index (χ0v) is 12.1. The molecule has 0 bridgehead atoms. The highest BCUT2D eigenvalue weighted by Gasteiger charge is 2.12. The van der Waals surface area contributed by atoms with Gasteiger partial charge in [-0.25, -0.2) is 9.67 Å². The Labute approximate surface area is 114 Å². The minimum atomic E-state index is 0.657. The quantitative estimate of drug-likeness (QED) is 0.897. The van der Waals surface area contributed by atoms with Gasteiger partial charge in [0, 0.05) is 24.5 Å². The molecule has 19 heavy (non-hydrogen) atoms. The van der Waals surface area contributed by atoms with E-state index in [2.05, 4.69) is 41.2 Å². The molecule has 0 saturated carbocycles. The summed E-state index contributed by atoms with van der Waals surface area (Å²) in [5, 5.41) is 7.77. The van der Waals surface area contributed by atoms with E-state index in [1.807, 2.05) is 17.7 Å². The zero-order valence-electron chi connectivity index (χ0n) is 12.1. The average Bonchev–Trinajstić information content (AvgIpc) is 2.71. The average molecular weight is 259 g/mol. The topological polar surface area (TPSA) is 55.6 Å². The summed E-state index contributed by atoms with van der Waals surface area (Å²) in [6.07, 6.45) is 3.81. The van der Waals surface area contributed by atoms with Crippen molar-refractivity contribution >= 4 is 5.95 Å². The Morgan fingerprint density at radius 3 is 2.68 bits per heavy atom. The summed E-state index contributed by atoms with van der Waals surface area (Å²) in [4.78, 5) is 8.73. The Hall–Kier alpha value is -1.91. The predicted molar refractivity (Wildman–Crippen MR) is 76.8 cm³/mol. The molecular weight excluding hydrogens is 238 g/mol. The van der Waals surface area contributed by atoms with Gasteiger partial charge in [0.2, 0.25) is 5.95 Å². The van der Waals surface area contributed by atoms with Gasteiger partial charge < -0.3 is 5.32 Å². The van der Waals surface area contributed by atoms with E-state index in [1.165, 1.54) is 5.56 Å². The molecule has 0 spiro atoms. The van der Waals surface area contributed by atoms with Gasteiger partial charge in [0.15, 0.2) is 5.82 Å². The van der Waals surface area contributed by atoms with E-state index in [9.17, 15) is 0 Å². The molecule has 2 rings (SSSR count). The fraction of sp³-hybridized carbons (Fsp3) is 0.500. The van der Waals surface area contributed by atoms with Gasteiger partial charge in [-0.3, -0.25) is 0 Å². The lowest BCUT2D eigenvalue weighted by molar-refractivity contribution is 0.798. The first-order valence-electron chi connectivity index (χ1n) is 6.79. The predicted octanol–water partition coefficient (Wildman–Crippen LogP) is 2.66. The highest BCUT2D eigenvalue weighted by atomic mass is 15.3. The van der Waals surface area contributed by atoms with Gasteiger partial charge >= 0.3 is 0 Å². The molecule has 0 aliphatic rings. The maximum absolute atomic E-state index is 4.57. The summed E-state index contributed by atoms with van der Waals surface area (Å²) < 4.78 is 1.90. The van der Waals surface area contributed by atoms with Crippen LogP contribution in [0.25, 0.3) is 5.82 Å². The van der Waals surface area contributed by atoms with Crippen LogP contribution in [0.3, 0.4) is 0 Å². The van der Waals surface area contributed by atoms with Crippen molar-refractivity contribution in [3.8, 4) is 5.82 Å². The summed E-state index contributed by atoms with van der Waals surface area (Å²) in [6, 6.07) is 1.88. The summed E-state index contributed by atoms with van der Waals surface area (Å²) in [7, 11) is 0. The minimum absolute atomic E-state index is 0.657.